The molecule has 1 aromatic rings. The Balaban J connectivity index is 0. The highest BCUT2D eigenvalue weighted by atomic mass is 16.5. The summed E-state index contributed by atoms with van der Waals surface area (Å²) in [5.74, 6) is 0.958. The molecule has 0 spiro atoms. The highest BCUT2D eigenvalue weighted by Crippen LogP contribution is 2.12. The van der Waals surface area contributed by atoms with Gasteiger partial charge in [-0.05, 0) is 37.1 Å². The van der Waals surface area contributed by atoms with Crippen molar-refractivity contribution in [3.8, 4) is 5.75 Å². The van der Waals surface area contributed by atoms with Gasteiger partial charge in [0.05, 0.1) is 6.61 Å². The zero-order valence-electron chi connectivity index (χ0n) is 10.2. The van der Waals surface area contributed by atoms with Crippen LogP contribution >= 0.6 is 0 Å². The zero-order chi connectivity index (χ0) is 12.2. The summed E-state index contributed by atoms with van der Waals surface area (Å²) in [6.07, 6.45) is 3.23. The largest absolute Gasteiger partial charge is 0.494 e. The van der Waals surface area contributed by atoms with Crippen LogP contribution < -0.4 is 10.5 Å². The second-order valence-corrected chi connectivity index (χ2v) is 3.38. The summed E-state index contributed by atoms with van der Waals surface area (Å²) in [5, 5.41) is 0. The lowest BCUT2D eigenvalue weighted by atomic mass is 10.1. The van der Waals surface area contributed by atoms with Crippen molar-refractivity contribution < 1.29 is 6.16 Å². The zero-order valence-corrected chi connectivity index (χ0v) is 10.2. The first kappa shape index (κ1) is 14.7. The minimum atomic E-state index is 0. The average molecular weight is 223 g/mol. The van der Waals surface area contributed by atoms with Crippen LogP contribution in [0.4, 0.5) is 0 Å². The molecule has 0 atom stereocenters. The molecule has 2 heteroatoms. The fraction of sp³-hybridized carbons (Fsp3) is 0.429. The van der Waals surface area contributed by atoms with E-state index in [0.29, 0.717) is 6.54 Å². The molecule has 0 radical (unpaired) electrons. The molecule has 0 saturated carbocycles. The van der Waals surface area contributed by atoms with Gasteiger partial charge in [-0.15, -0.1) is 13.2 Å². The van der Waals surface area contributed by atoms with E-state index in [2.05, 4.69) is 32.2 Å². The van der Waals surface area contributed by atoms with E-state index in [1.54, 1.807) is 0 Å². The van der Waals surface area contributed by atoms with Crippen LogP contribution in [0.2, 0.25) is 0 Å². The molecule has 1 aromatic carbocycles. The number of hydrogen-bond donors (Lipinski definition) is 1. The Morgan fingerprint density at radius 3 is 2.38 bits per heavy atom. The summed E-state index contributed by atoms with van der Waals surface area (Å²) in [5.41, 5.74) is 6.74. The van der Waals surface area contributed by atoms with Gasteiger partial charge < -0.3 is 10.5 Å². The Morgan fingerprint density at radius 2 is 1.88 bits per heavy atom. The summed E-state index contributed by atoms with van der Waals surface area (Å²) in [6.45, 7) is 9.68. The highest BCUT2D eigenvalue weighted by Gasteiger charge is 1.94. The third kappa shape index (κ3) is 6.25. The summed E-state index contributed by atoms with van der Waals surface area (Å²) in [6, 6.07) is 8.18. The lowest BCUT2D eigenvalue weighted by Gasteiger charge is -2.05. The van der Waals surface area contributed by atoms with E-state index in [9.17, 15) is 0 Å². The molecule has 1 rings (SSSR count). The molecule has 0 amide bonds. The smallest absolute Gasteiger partial charge is 0.119 e. The van der Waals surface area contributed by atoms with E-state index in [0.717, 1.165) is 25.2 Å². The first-order valence-electron chi connectivity index (χ1n) is 5.78. The van der Waals surface area contributed by atoms with Crippen LogP contribution in [-0.2, 0) is 6.42 Å². The van der Waals surface area contributed by atoms with E-state index in [1.165, 1.54) is 12.0 Å². The number of hydrogen-bond acceptors (Lipinski definition) is 2. The molecule has 2 nitrogen and oxygen atoms in total. The standard InChI is InChI=1S/C12H19NO.C2H4.H2/c1-2-3-10-14-12-6-4-11(5-7-12)8-9-13;1-2;/h4-7H,2-3,8-10,13H2,1H3;1-2H2;1H. The molecule has 0 unspecified atom stereocenters. The van der Waals surface area contributed by atoms with Gasteiger partial charge in [0, 0.05) is 1.43 Å². The maximum Gasteiger partial charge on any atom is 0.119 e. The van der Waals surface area contributed by atoms with Crippen LogP contribution in [0.3, 0.4) is 0 Å². The fourth-order valence-electron chi connectivity index (χ4n) is 1.25. The normalized spacial score (nSPS) is 9.12. The average Bonchev–Trinajstić information content (AvgIpc) is 2.35. The third-order valence-corrected chi connectivity index (χ3v) is 2.12. The van der Waals surface area contributed by atoms with Crippen LogP contribution in [0.1, 0.15) is 26.8 Å². The number of nitrogens with two attached hydrogens (primary N) is 1. The predicted octanol–water partition coefficient (Wildman–Crippen LogP) is 3.41. The van der Waals surface area contributed by atoms with Crippen molar-refractivity contribution in [3.63, 3.8) is 0 Å². The van der Waals surface area contributed by atoms with E-state index in [1.807, 2.05) is 12.1 Å². The summed E-state index contributed by atoms with van der Waals surface area (Å²) < 4.78 is 5.55. The molecular weight excluding hydrogens is 198 g/mol. The maximum absolute atomic E-state index is 5.55. The van der Waals surface area contributed by atoms with Crippen molar-refractivity contribution in [3.05, 3.63) is 43.0 Å². The highest BCUT2D eigenvalue weighted by molar-refractivity contribution is 5.27. The van der Waals surface area contributed by atoms with Crippen molar-refractivity contribution in [2.24, 2.45) is 5.73 Å². The molecule has 0 aliphatic heterocycles. The molecule has 0 bridgehead atoms. The fourth-order valence-corrected chi connectivity index (χ4v) is 1.25. The predicted molar refractivity (Wildman–Crippen MR) is 73.0 cm³/mol. The maximum atomic E-state index is 5.55. The Bertz CT molecular complexity index is 261. The first-order valence-corrected chi connectivity index (χ1v) is 5.78. The molecule has 0 heterocycles. The molecule has 0 aliphatic rings. The van der Waals surface area contributed by atoms with Gasteiger partial charge in [0.15, 0.2) is 0 Å². The summed E-state index contributed by atoms with van der Waals surface area (Å²) in [4.78, 5) is 0. The van der Waals surface area contributed by atoms with Gasteiger partial charge in [0.2, 0.25) is 0 Å². The van der Waals surface area contributed by atoms with E-state index in [4.69, 9.17) is 10.5 Å². The SMILES string of the molecule is C=C.CCCCOc1ccc(CCN)cc1.[HH]. The first-order chi connectivity index (χ1) is 7.86. The molecule has 16 heavy (non-hydrogen) atoms. The van der Waals surface area contributed by atoms with Crippen LogP contribution in [0.25, 0.3) is 0 Å². The van der Waals surface area contributed by atoms with Gasteiger partial charge in [-0.25, -0.2) is 0 Å². The molecular formula is C14H25NO. The lowest BCUT2D eigenvalue weighted by Crippen LogP contribution is -2.02. The molecule has 2 N–H and O–H groups in total. The Kier molecular flexibility index (Phi) is 9.43. The minimum Gasteiger partial charge on any atom is -0.494 e. The monoisotopic (exact) mass is 223 g/mol. The van der Waals surface area contributed by atoms with Crippen molar-refractivity contribution in [2.75, 3.05) is 13.2 Å². The second-order valence-electron chi connectivity index (χ2n) is 3.38. The molecule has 0 aromatic heterocycles. The van der Waals surface area contributed by atoms with E-state index in [-0.39, 0.29) is 1.43 Å². The molecule has 0 fully saturated rings. The second kappa shape index (κ2) is 10.2. The number of benzene rings is 1. The third-order valence-electron chi connectivity index (χ3n) is 2.12. The Labute approximate surface area is 101 Å². The molecule has 0 saturated heterocycles. The van der Waals surface area contributed by atoms with Crippen LogP contribution in [-0.4, -0.2) is 13.2 Å². The summed E-state index contributed by atoms with van der Waals surface area (Å²) in [7, 11) is 0. The van der Waals surface area contributed by atoms with E-state index < -0.39 is 0 Å². The Morgan fingerprint density at radius 1 is 1.25 bits per heavy atom. The van der Waals surface area contributed by atoms with Crippen LogP contribution in [0, 0.1) is 0 Å². The molecule has 0 aliphatic carbocycles. The topological polar surface area (TPSA) is 35.2 Å². The van der Waals surface area contributed by atoms with Crippen molar-refractivity contribution >= 4 is 0 Å². The van der Waals surface area contributed by atoms with E-state index >= 15 is 0 Å². The van der Waals surface area contributed by atoms with Gasteiger partial charge in [-0.1, -0.05) is 25.5 Å². The lowest BCUT2D eigenvalue weighted by molar-refractivity contribution is 0.309. The van der Waals surface area contributed by atoms with Gasteiger partial charge in [0.1, 0.15) is 5.75 Å². The number of unbranched alkanes of at least 4 members (excludes halogenated alkanes) is 1. The summed E-state index contributed by atoms with van der Waals surface area (Å²) >= 11 is 0. The minimum absolute atomic E-state index is 0. The van der Waals surface area contributed by atoms with Gasteiger partial charge in [0.25, 0.3) is 0 Å². The van der Waals surface area contributed by atoms with Gasteiger partial charge in [-0.3, -0.25) is 0 Å². The molecule has 92 valence electrons. The van der Waals surface area contributed by atoms with Crippen LogP contribution in [0.5, 0.6) is 5.75 Å². The van der Waals surface area contributed by atoms with Gasteiger partial charge >= 0.3 is 0 Å². The van der Waals surface area contributed by atoms with Crippen LogP contribution in [0.15, 0.2) is 37.4 Å². The number of ether oxygens (including phenoxy) is 1. The number of rotatable bonds is 6. The van der Waals surface area contributed by atoms with Gasteiger partial charge in [-0.2, -0.15) is 0 Å². The Hall–Kier alpha value is -1.28. The van der Waals surface area contributed by atoms with Crippen molar-refractivity contribution in [1.82, 2.24) is 0 Å². The van der Waals surface area contributed by atoms with Crippen molar-refractivity contribution in [1.29, 1.82) is 0 Å². The quantitative estimate of drug-likeness (QED) is 0.592. The van der Waals surface area contributed by atoms with Crippen molar-refractivity contribution in [2.45, 2.75) is 26.2 Å².